The van der Waals surface area contributed by atoms with Crippen molar-refractivity contribution in [2.45, 2.75) is 13.8 Å². The zero-order chi connectivity index (χ0) is 14.0. The van der Waals surface area contributed by atoms with Crippen LogP contribution in [0.15, 0.2) is 45.0 Å². The molecule has 0 aliphatic rings. The van der Waals surface area contributed by atoms with E-state index in [0.29, 0.717) is 15.2 Å². The molecule has 0 aliphatic carbocycles. The number of phenols is 1. The van der Waals surface area contributed by atoms with E-state index >= 15 is 0 Å². The maximum absolute atomic E-state index is 9.86. The number of hydrogen-bond acceptors (Lipinski definition) is 3. The van der Waals surface area contributed by atoms with Crippen LogP contribution in [0.5, 0.6) is 5.75 Å². The number of hydrogen-bond donors (Lipinski definition) is 1. The predicted octanol–water partition coefficient (Wildman–Crippen LogP) is 5.84. The molecule has 0 aromatic heterocycles. The molecule has 0 atom stereocenters. The van der Waals surface area contributed by atoms with Crippen molar-refractivity contribution in [3.8, 4) is 5.75 Å². The summed E-state index contributed by atoms with van der Waals surface area (Å²) in [7, 11) is 0. The normalized spacial score (nSPS) is 11.2. The summed E-state index contributed by atoms with van der Waals surface area (Å²) < 4.78 is 0.495. The summed E-state index contributed by atoms with van der Waals surface area (Å²) in [5.41, 5.74) is 3.24. The number of rotatable bonds is 2. The number of aromatic hydroxyl groups is 1. The first-order valence-electron chi connectivity index (χ1n) is 5.64. The molecule has 19 heavy (non-hydrogen) atoms. The van der Waals surface area contributed by atoms with E-state index in [4.69, 9.17) is 11.6 Å². The lowest BCUT2D eigenvalue weighted by Crippen LogP contribution is -1.77. The maximum atomic E-state index is 9.86. The molecule has 0 fully saturated rings. The van der Waals surface area contributed by atoms with Gasteiger partial charge in [0.15, 0.2) is 5.75 Å². The summed E-state index contributed by atoms with van der Waals surface area (Å²) in [6.07, 6.45) is 0. The van der Waals surface area contributed by atoms with E-state index in [-0.39, 0.29) is 5.75 Å². The molecule has 0 saturated heterocycles. The molecule has 2 aromatic carbocycles. The Hall–Kier alpha value is -1.39. The van der Waals surface area contributed by atoms with Crippen LogP contribution in [-0.4, -0.2) is 5.11 Å². The van der Waals surface area contributed by atoms with Crippen molar-refractivity contribution in [1.82, 2.24) is 0 Å². The topological polar surface area (TPSA) is 45.0 Å². The van der Waals surface area contributed by atoms with E-state index in [1.165, 1.54) is 0 Å². The van der Waals surface area contributed by atoms with Gasteiger partial charge in [-0.15, -0.1) is 5.11 Å². The number of aryl methyl sites for hydroxylation is 2. The van der Waals surface area contributed by atoms with Gasteiger partial charge >= 0.3 is 0 Å². The van der Waals surface area contributed by atoms with E-state index in [1.54, 1.807) is 12.1 Å². The van der Waals surface area contributed by atoms with Crippen molar-refractivity contribution in [1.29, 1.82) is 0 Å². The summed E-state index contributed by atoms with van der Waals surface area (Å²) >= 11 is 9.13. The van der Waals surface area contributed by atoms with Crippen molar-refractivity contribution < 1.29 is 5.11 Å². The monoisotopic (exact) mass is 338 g/mol. The molecule has 98 valence electrons. The van der Waals surface area contributed by atoms with Gasteiger partial charge in [0.05, 0.1) is 10.2 Å². The third-order valence-corrected chi connectivity index (χ3v) is 3.46. The molecule has 2 rings (SSSR count). The fourth-order valence-electron chi connectivity index (χ4n) is 1.56. The highest BCUT2D eigenvalue weighted by atomic mass is 79.9. The predicted molar refractivity (Wildman–Crippen MR) is 80.9 cm³/mol. The van der Waals surface area contributed by atoms with Crippen molar-refractivity contribution in [3.05, 3.63) is 51.0 Å². The molecule has 0 heterocycles. The van der Waals surface area contributed by atoms with E-state index < -0.39 is 0 Å². The maximum Gasteiger partial charge on any atom is 0.157 e. The molecule has 2 aromatic rings. The van der Waals surface area contributed by atoms with Gasteiger partial charge in [0.1, 0.15) is 5.69 Å². The van der Waals surface area contributed by atoms with Gasteiger partial charge in [0.2, 0.25) is 0 Å². The van der Waals surface area contributed by atoms with Crippen LogP contribution >= 0.6 is 27.5 Å². The number of nitrogens with zero attached hydrogens (tertiary/aromatic N) is 2. The highest BCUT2D eigenvalue weighted by Crippen LogP contribution is 2.38. The zero-order valence-electron chi connectivity index (χ0n) is 10.5. The van der Waals surface area contributed by atoms with E-state index in [0.717, 1.165) is 16.8 Å². The third-order valence-electron chi connectivity index (χ3n) is 2.64. The minimum absolute atomic E-state index is 0.0263. The van der Waals surface area contributed by atoms with Crippen LogP contribution in [0.2, 0.25) is 5.02 Å². The van der Waals surface area contributed by atoms with Crippen LogP contribution in [-0.2, 0) is 0 Å². The van der Waals surface area contributed by atoms with E-state index in [9.17, 15) is 5.11 Å². The summed E-state index contributed by atoms with van der Waals surface area (Å²) in [6, 6.07) is 9.11. The Morgan fingerprint density at radius 3 is 2.47 bits per heavy atom. The number of phenolic OH excluding ortho intramolecular Hbond substituents is 1. The van der Waals surface area contributed by atoms with Crippen LogP contribution in [0, 0.1) is 13.8 Å². The zero-order valence-corrected chi connectivity index (χ0v) is 12.8. The first-order chi connectivity index (χ1) is 8.97. The molecular formula is C14H12BrClN2O. The van der Waals surface area contributed by atoms with Crippen molar-refractivity contribution in [3.63, 3.8) is 0 Å². The Morgan fingerprint density at radius 1 is 1.05 bits per heavy atom. The first-order valence-corrected chi connectivity index (χ1v) is 6.81. The molecule has 0 unspecified atom stereocenters. The molecule has 0 aliphatic heterocycles. The van der Waals surface area contributed by atoms with Gasteiger partial charge in [0.25, 0.3) is 0 Å². The summed E-state index contributed by atoms with van der Waals surface area (Å²) in [4.78, 5) is 0. The number of benzene rings is 2. The number of azo groups is 1. The van der Waals surface area contributed by atoms with Crippen molar-refractivity contribution >= 4 is 38.9 Å². The second-order valence-corrected chi connectivity index (χ2v) is 5.54. The van der Waals surface area contributed by atoms with Gasteiger partial charge in [-0.2, -0.15) is 5.11 Å². The lowest BCUT2D eigenvalue weighted by Gasteiger charge is -2.03. The largest absolute Gasteiger partial charge is 0.505 e. The molecule has 1 N–H and O–H groups in total. The fourth-order valence-corrected chi connectivity index (χ4v) is 2.36. The highest BCUT2D eigenvalue weighted by molar-refractivity contribution is 9.10. The minimum atomic E-state index is 0.0263. The van der Waals surface area contributed by atoms with Gasteiger partial charge < -0.3 is 5.11 Å². The SMILES string of the molecule is Cc1ccc(C)c(N=Nc2cc(Cl)cc(Br)c2O)c1. The average molecular weight is 340 g/mol. The summed E-state index contributed by atoms with van der Waals surface area (Å²) in [5, 5.41) is 18.6. The van der Waals surface area contributed by atoms with Crippen LogP contribution in [0.1, 0.15) is 11.1 Å². The quantitative estimate of drug-likeness (QED) is 0.686. The number of halogens is 2. The molecule has 0 amide bonds. The van der Waals surface area contributed by atoms with Crippen molar-refractivity contribution in [2.75, 3.05) is 0 Å². The first kappa shape index (κ1) is 14.0. The Bertz CT molecular complexity index is 656. The Morgan fingerprint density at radius 2 is 1.74 bits per heavy atom. The average Bonchev–Trinajstić information content (AvgIpc) is 2.35. The van der Waals surface area contributed by atoms with Crippen LogP contribution in [0.4, 0.5) is 11.4 Å². The second kappa shape index (κ2) is 5.72. The Balaban J connectivity index is 2.40. The summed E-state index contributed by atoms with van der Waals surface area (Å²) in [6.45, 7) is 3.95. The molecule has 0 saturated carbocycles. The summed E-state index contributed by atoms with van der Waals surface area (Å²) in [5.74, 6) is 0.0263. The fraction of sp³-hybridized carbons (Fsp3) is 0.143. The minimum Gasteiger partial charge on any atom is -0.505 e. The van der Waals surface area contributed by atoms with E-state index in [2.05, 4.69) is 26.2 Å². The molecule has 3 nitrogen and oxygen atoms in total. The molecule has 0 radical (unpaired) electrons. The lowest BCUT2D eigenvalue weighted by atomic mass is 10.1. The third kappa shape index (κ3) is 3.33. The van der Waals surface area contributed by atoms with E-state index in [1.807, 2.05) is 32.0 Å². The second-order valence-electron chi connectivity index (χ2n) is 4.25. The van der Waals surface area contributed by atoms with Gasteiger partial charge in [-0.25, -0.2) is 0 Å². The van der Waals surface area contributed by atoms with Crippen molar-refractivity contribution in [2.24, 2.45) is 10.2 Å². The van der Waals surface area contributed by atoms with Gasteiger partial charge in [0, 0.05) is 5.02 Å². The van der Waals surface area contributed by atoms with Gasteiger partial charge in [-0.1, -0.05) is 23.7 Å². The molecule has 5 heteroatoms. The highest BCUT2D eigenvalue weighted by Gasteiger charge is 2.07. The smallest absolute Gasteiger partial charge is 0.157 e. The van der Waals surface area contributed by atoms with Gasteiger partial charge in [-0.05, 0) is 59.1 Å². The van der Waals surface area contributed by atoms with Crippen LogP contribution < -0.4 is 0 Å². The standard InChI is InChI=1S/C14H12BrClN2O/c1-8-3-4-9(2)12(5-8)17-18-13-7-10(16)6-11(15)14(13)19/h3-7,19H,1-2H3. The molecular weight excluding hydrogens is 328 g/mol. The Labute approximate surface area is 125 Å². The van der Waals surface area contributed by atoms with Crippen LogP contribution in [0.3, 0.4) is 0 Å². The lowest BCUT2D eigenvalue weighted by molar-refractivity contribution is 0.473. The van der Waals surface area contributed by atoms with Crippen LogP contribution in [0.25, 0.3) is 0 Å². The molecule has 0 spiro atoms. The Kier molecular flexibility index (Phi) is 4.22. The van der Waals surface area contributed by atoms with Gasteiger partial charge in [-0.3, -0.25) is 0 Å². The molecule has 0 bridgehead atoms.